The molecule has 0 amide bonds. The minimum atomic E-state index is -1.67. The van der Waals surface area contributed by atoms with Gasteiger partial charge in [0.05, 0.1) is 17.9 Å². The summed E-state index contributed by atoms with van der Waals surface area (Å²) in [6.07, 6.45) is 0. The van der Waals surface area contributed by atoms with Crippen molar-refractivity contribution >= 4 is 103 Å². The maximum absolute atomic E-state index is 6.12. The molecule has 1 aromatic rings. The Kier molecular flexibility index (Phi) is 7.27. The first-order valence-electron chi connectivity index (χ1n) is 4.22. The van der Waals surface area contributed by atoms with Gasteiger partial charge in [0.2, 0.25) is 0 Å². The van der Waals surface area contributed by atoms with Gasteiger partial charge in [-0.1, -0.05) is 6.92 Å². The Morgan fingerprint density at radius 1 is 0.938 bits per heavy atom. The Bertz CT molecular complexity index is 385. The van der Waals surface area contributed by atoms with Crippen molar-refractivity contribution in [3.8, 4) is 5.75 Å². The van der Waals surface area contributed by atoms with Gasteiger partial charge < -0.3 is 3.79 Å². The highest BCUT2D eigenvalue weighted by Crippen LogP contribution is 2.48. The third kappa shape index (κ3) is 3.63. The van der Waals surface area contributed by atoms with Gasteiger partial charge in [0.1, 0.15) is 5.75 Å². The molecule has 0 aromatic heterocycles. The third-order valence-electron chi connectivity index (χ3n) is 1.74. The average molecular weight is 579 g/mol. The highest BCUT2D eigenvalue weighted by Gasteiger charge is 2.24. The lowest BCUT2D eigenvalue weighted by Crippen LogP contribution is -2.13. The molecule has 0 fully saturated rings. The summed E-state index contributed by atoms with van der Waals surface area (Å²) in [6, 6.07) is 0. The van der Waals surface area contributed by atoms with Crippen molar-refractivity contribution < 1.29 is 3.79 Å². The van der Waals surface area contributed by atoms with Gasteiger partial charge in [-0.3, -0.25) is 0 Å². The average Bonchev–Trinajstić information content (AvgIpc) is 2.29. The molecule has 8 heteroatoms. The van der Waals surface area contributed by atoms with Crippen molar-refractivity contribution in [2.24, 2.45) is 0 Å². The van der Waals surface area contributed by atoms with Gasteiger partial charge in [-0.05, 0) is 84.9 Å². The van der Waals surface area contributed by atoms with Crippen LogP contribution in [-0.4, -0.2) is 13.6 Å². The van der Waals surface area contributed by atoms with Crippen molar-refractivity contribution in [1.82, 2.24) is 0 Å². The molecule has 1 nitrogen and oxygen atoms in total. The zero-order chi connectivity index (χ0) is 12.5. The van der Waals surface area contributed by atoms with E-state index in [1.807, 2.05) is 6.92 Å². The summed E-state index contributed by atoms with van der Waals surface area (Å²) >= 11 is 15.7. The quantitative estimate of drug-likeness (QED) is 0.222. The van der Waals surface area contributed by atoms with Crippen LogP contribution in [0, 0.1) is 0 Å². The van der Waals surface area contributed by atoms with E-state index in [1.54, 1.807) is 0 Å². The van der Waals surface area contributed by atoms with Crippen LogP contribution in [0.5, 0.6) is 5.75 Å². The predicted octanol–water partition coefficient (Wildman–Crippen LogP) is 6.62. The van der Waals surface area contributed by atoms with E-state index in [9.17, 15) is 0 Å². The largest absolute Gasteiger partial charge is 0.679 e. The zero-order valence-corrected chi connectivity index (χ0v) is 17.8. The fourth-order valence-corrected chi connectivity index (χ4v) is 5.37. The molecule has 0 N–H and O–H groups in total. The second-order valence-electron chi connectivity index (χ2n) is 2.84. The Hall–Kier alpha value is 2.24. The Morgan fingerprint density at radius 2 is 1.31 bits per heavy atom. The Labute approximate surface area is 145 Å². The molecular formula is C8H5AlBr5ClO. The molecule has 0 saturated heterocycles. The van der Waals surface area contributed by atoms with Gasteiger partial charge in [0.15, 0.2) is 0 Å². The number of halogens is 6. The van der Waals surface area contributed by atoms with E-state index in [0.29, 0.717) is 0 Å². The zero-order valence-electron chi connectivity index (χ0n) is 7.96. The number of rotatable bonds is 3. The monoisotopic (exact) mass is 574 g/mol. The first kappa shape index (κ1) is 16.3. The molecule has 1 rings (SSSR count). The van der Waals surface area contributed by atoms with Crippen molar-refractivity contribution in [2.45, 2.75) is 12.2 Å². The fourth-order valence-electron chi connectivity index (χ4n) is 0.899. The summed E-state index contributed by atoms with van der Waals surface area (Å²) in [7, 11) is 6.12. The molecule has 1 aromatic carbocycles. The van der Waals surface area contributed by atoms with Crippen LogP contribution in [0.25, 0.3) is 0 Å². The lowest BCUT2D eigenvalue weighted by molar-refractivity contribution is 0.577. The van der Waals surface area contributed by atoms with E-state index in [2.05, 4.69) is 79.6 Å². The number of benzene rings is 1. The van der Waals surface area contributed by atoms with Crippen molar-refractivity contribution in [3.05, 3.63) is 22.4 Å². The predicted molar refractivity (Wildman–Crippen MR) is 87.7 cm³/mol. The van der Waals surface area contributed by atoms with E-state index >= 15 is 0 Å². The van der Waals surface area contributed by atoms with Gasteiger partial charge in [-0.25, -0.2) is 10.0 Å². The maximum Gasteiger partial charge on any atom is 0.679 e. The summed E-state index contributed by atoms with van der Waals surface area (Å²) in [6.45, 7) is 2.02. The van der Waals surface area contributed by atoms with Crippen LogP contribution in [0.15, 0.2) is 22.4 Å². The van der Waals surface area contributed by atoms with E-state index in [0.717, 1.165) is 33.4 Å². The standard InChI is InChI=1S/C6HBr5O.C2H5.Al.ClH/c7-1-2(8)4(10)6(12)5(11)3(1)9;1-2;;/h12H;1H2,2H3;;1H/q;;+2;/p-2. The van der Waals surface area contributed by atoms with Gasteiger partial charge in [0, 0.05) is 4.47 Å². The van der Waals surface area contributed by atoms with Crippen LogP contribution < -0.4 is 3.79 Å². The molecule has 0 unspecified atom stereocenters. The molecule has 88 valence electrons. The van der Waals surface area contributed by atoms with Crippen molar-refractivity contribution in [1.29, 1.82) is 0 Å². The molecule has 0 aliphatic rings. The summed E-state index contributed by atoms with van der Waals surface area (Å²) in [4.78, 5) is 0. The van der Waals surface area contributed by atoms with Gasteiger partial charge in [-0.2, -0.15) is 0 Å². The third-order valence-corrected chi connectivity index (χ3v) is 10.1. The number of hydrogen-bond donors (Lipinski definition) is 0. The second kappa shape index (κ2) is 7.14. The first-order valence-corrected chi connectivity index (χ1v) is 11.2. The van der Waals surface area contributed by atoms with Crippen LogP contribution in [0.2, 0.25) is 5.28 Å². The maximum atomic E-state index is 6.12. The minimum absolute atomic E-state index is 0.732. The highest BCUT2D eigenvalue weighted by molar-refractivity contribution is 9.15. The van der Waals surface area contributed by atoms with Gasteiger partial charge >= 0.3 is 13.6 Å². The van der Waals surface area contributed by atoms with Crippen LogP contribution in [-0.2, 0) is 0 Å². The fraction of sp³-hybridized carbons (Fsp3) is 0.250. The first-order chi connectivity index (χ1) is 7.40. The lowest BCUT2D eigenvalue weighted by Gasteiger charge is -2.16. The molecular weight excluding hydrogens is 574 g/mol. The van der Waals surface area contributed by atoms with Crippen LogP contribution >= 0.6 is 89.7 Å². The lowest BCUT2D eigenvalue weighted by atomic mass is 10.3. The molecule has 0 bridgehead atoms. The Morgan fingerprint density at radius 3 is 1.69 bits per heavy atom. The molecule has 0 radical (unpaired) electrons. The summed E-state index contributed by atoms with van der Waals surface area (Å²) in [5.41, 5.74) is 0. The molecule has 0 heterocycles. The smallest absolute Gasteiger partial charge is 0.630 e. The van der Waals surface area contributed by atoms with E-state index < -0.39 is 13.6 Å². The molecule has 0 atom stereocenters. The normalized spacial score (nSPS) is 10.4. The molecule has 0 aliphatic carbocycles. The minimum Gasteiger partial charge on any atom is -0.630 e. The molecule has 0 spiro atoms. The summed E-state index contributed by atoms with van der Waals surface area (Å²) < 4.78 is 10.2. The highest BCUT2D eigenvalue weighted by atomic mass is 79.9. The summed E-state index contributed by atoms with van der Waals surface area (Å²) in [5, 5.41) is 0.867. The van der Waals surface area contributed by atoms with Crippen molar-refractivity contribution in [2.75, 3.05) is 0 Å². The van der Waals surface area contributed by atoms with Gasteiger partial charge in [0.25, 0.3) is 0 Å². The molecule has 0 aliphatic heterocycles. The van der Waals surface area contributed by atoms with Crippen LogP contribution in [0.3, 0.4) is 0 Å². The van der Waals surface area contributed by atoms with E-state index in [-0.39, 0.29) is 0 Å². The van der Waals surface area contributed by atoms with E-state index in [1.165, 1.54) is 0 Å². The second-order valence-corrected chi connectivity index (χ2v) is 10.1. The Balaban J connectivity index is 3.28. The summed E-state index contributed by atoms with van der Waals surface area (Å²) in [5.74, 6) is 0.732. The van der Waals surface area contributed by atoms with Crippen LogP contribution in [0.4, 0.5) is 0 Å². The molecule has 16 heavy (non-hydrogen) atoms. The van der Waals surface area contributed by atoms with Crippen molar-refractivity contribution in [3.63, 3.8) is 0 Å². The van der Waals surface area contributed by atoms with Gasteiger partial charge in [-0.15, -0.1) is 0 Å². The molecule has 0 saturated carbocycles. The SMILES string of the molecule is C[CH2][Al]([Cl])[O]c1c(Br)c(Br)c(Br)c(Br)c1Br. The van der Waals surface area contributed by atoms with Crippen LogP contribution in [0.1, 0.15) is 6.92 Å². The number of hydrogen-bond acceptors (Lipinski definition) is 1. The topological polar surface area (TPSA) is 9.23 Å². The van der Waals surface area contributed by atoms with E-state index in [4.69, 9.17) is 13.8 Å².